The predicted molar refractivity (Wildman–Crippen MR) is 106 cm³/mol. The molecule has 0 bridgehead atoms. The van der Waals surface area contributed by atoms with Gasteiger partial charge in [-0.3, -0.25) is 9.78 Å². The van der Waals surface area contributed by atoms with Crippen LogP contribution in [0.1, 0.15) is 27.3 Å². The van der Waals surface area contributed by atoms with E-state index in [2.05, 4.69) is 15.4 Å². The van der Waals surface area contributed by atoms with E-state index in [1.165, 1.54) is 0 Å². The summed E-state index contributed by atoms with van der Waals surface area (Å²) in [6.07, 6.45) is 3.30. The lowest BCUT2D eigenvalue weighted by molar-refractivity contribution is 0.0942. The van der Waals surface area contributed by atoms with Crippen LogP contribution in [0.25, 0.3) is 17.1 Å². The molecule has 6 heteroatoms. The van der Waals surface area contributed by atoms with Gasteiger partial charge in [-0.05, 0) is 55.3 Å². The first-order valence-electron chi connectivity index (χ1n) is 9.01. The molecule has 4 rings (SSSR count). The summed E-state index contributed by atoms with van der Waals surface area (Å²) in [4.78, 5) is 17.2. The Morgan fingerprint density at radius 1 is 1.11 bits per heavy atom. The van der Waals surface area contributed by atoms with Crippen LogP contribution >= 0.6 is 0 Å². The van der Waals surface area contributed by atoms with E-state index < -0.39 is 0 Å². The van der Waals surface area contributed by atoms with E-state index in [0.717, 1.165) is 22.5 Å². The number of carbonyl (C=O) groups is 1. The van der Waals surface area contributed by atoms with Crippen molar-refractivity contribution in [2.75, 3.05) is 0 Å². The quantitative estimate of drug-likeness (QED) is 0.573. The summed E-state index contributed by atoms with van der Waals surface area (Å²) in [6.45, 7) is 4.35. The van der Waals surface area contributed by atoms with Crippen LogP contribution in [0.3, 0.4) is 0 Å². The van der Waals surface area contributed by atoms with Crippen molar-refractivity contribution in [3.05, 3.63) is 89.6 Å². The van der Waals surface area contributed by atoms with Crippen LogP contribution in [0.4, 0.5) is 0 Å². The zero-order chi connectivity index (χ0) is 19.5. The predicted octanol–water partition coefficient (Wildman–Crippen LogP) is 4.07. The van der Waals surface area contributed by atoms with Crippen molar-refractivity contribution in [3.8, 4) is 17.1 Å². The number of benzene rings is 1. The van der Waals surface area contributed by atoms with E-state index >= 15 is 0 Å². The Kier molecular flexibility index (Phi) is 4.76. The molecule has 1 amide bonds. The molecule has 0 spiro atoms. The zero-order valence-corrected chi connectivity index (χ0v) is 15.7. The fraction of sp³-hybridized carbons (Fsp3) is 0.136. The Morgan fingerprint density at radius 2 is 2.00 bits per heavy atom. The van der Waals surface area contributed by atoms with E-state index in [0.29, 0.717) is 23.7 Å². The first-order chi connectivity index (χ1) is 13.6. The minimum atomic E-state index is -0.225. The molecule has 0 aliphatic carbocycles. The average molecular weight is 372 g/mol. The molecule has 0 radical (unpaired) electrons. The van der Waals surface area contributed by atoms with Gasteiger partial charge in [0, 0.05) is 12.3 Å². The lowest BCUT2D eigenvalue weighted by atomic mass is 10.1. The molecular weight excluding hydrogens is 352 g/mol. The molecule has 0 saturated heterocycles. The summed E-state index contributed by atoms with van der Waals surface area (Å²) >= 11 is 0. The van der Waals surface area contributed by atoms with Gasteiger partial charge in [-0.1, -0.05) is 18.2 Å². The zero-order valence-electron chi connectivity index (χ0n) is 15.7. The van der Waals surface area contributed by atoms with Crippen LogP contribution < -0.4 is 5.32 Å². The number of carbonyl (C=O) groups excluding carboxylic acids is 1. The Labute approximate surface area is 162 Å². The van der Waals surface area contributed by atoms with E-state index in [1.54, 1.807) is 29.3 Å². The Morgan fingerprint density at radius 3 is 2.75 bits per heavy atom. The number of hydrogen-bond acceptors (Lipinski definition) is 4. The van der Waals surface area contributed by atoms with Crippen LogP contribution in [-0.2, 0) is 6.54 Å². The van der Waals surface area contributed by atoms with Gasteiger partial charge in [-0.15, -0.1) is 0 Å². The number of aromatic nitrogens is 3. The molecule has 3 heterocycles. The normalized spacial score (nSPS) is 10.8. The van der Waals surface area contributed by atoms with Crippen molar-refractivity contribution in [1.29, 1.82) is 0 Å². The summed E-state index contributed by atoms with van der Waals surface area (Å²) in [6, 6.07) is 17.1. The van der Waals surface area contributed by atoms with Crippen molar-refractivity contribution in [2.45, 2.75) is 20.4 Å². The van der Waals surface area contributed by atoms with E-state index in [1.807, 2.05) is 56.3 Å². The largest absolute Gasteiger partial charge is 0.463 e. The third-order valence-electron chi connectivity index (χ3n) is 4.46. The van der Waals surface area contributed by atoms with Crippen molar-refractivity contribution in [2.24, 2.45) is 0 Å². The minimum Gasteiger partial charge on any atom is -0.463 e. The van der Waals surface area contributed by atoms with Gasteiger partial charge in [0.2, 0.25) is 0 Å². The molecule has 0 fully saturated rings. The highest BCUT2D eigenvalue weighted by atomic mass is 16.3. The number of aryl methyl sites for hydroxylation is 2. The number of amides is 1. The highest BCUT2D eigenvalue weighted by Gasteiger charge is 2.19. The topological polar surface area (TPSA) is 73.0 Å². The van der Waals surface area contributed by atoms with Gasteiger partial charge in [0.25, 0.3) is 5.91 Å². The second-order valence-electron chi connectivity index (χ2n) is 6.60. The van der Waals surface area contributed by atoms with E-state index in [-0.39, 0.29) is 5.91 Å². The molecule has 6 nitrogen and oxygen atoms in total. The highest BCUT2D eigenvalue weighted by Crippen LogP contribution is 2.24. The Balaban J connectivity index is 1.72. The monoisotopic (exact) mass is 372 g/mol. The maximum atomic E-state index is 13.0. The van der Waals surface area contributed by atoms with Crippen LogP contribution in [0, 0.1) is 13.8 Å². The number of hydrogen-bond donors (Lipinski definition) is 1. The summed E-state index contributed by atoms with van der Waals surface area (Å²) < 4.78 is 7.14. The second kappa shape index (κ2) is 7.52. The molecule has 0 saturated carbocycles. The molecular formula is C22H20N4O2. The van der Waals surface area contributed by atoms with Crippen molar-refractivity contribution < 1.29 is 9.21 Å². The van der Waals surface area contributed by atoms with Gasteiger partial charge < -0.3 is 9.73 Å². The number of rotatable bonds is 5. The average Bonchev–Trinajstić information content (AvgIpc) is 3.38. The van der Waals surface area contributed by atoms with Crippen molar-refractivity contribution in [1.82, 2.24) is 20.1 Å². The highest BCUT2D eigenvalue weighted by molar-refractivity contribution is 5.94. The second-order valence-corrected chi connectivity index (χ2v) is 6.60. The number of nitrogens with one attached hydrogen (secondary N) is 1. The SMILES string of the molecule is Cc1ccc(C)c(-n2nc(-c3ccco3)cc2C(=O)NCc2ccccn2)c1. The smallest absolute Gasteiger partial charge is 0.270 e. The summed E-state index contributed by atoms with van der Waals surface area (Å²) in [7, 11) is 0. The third-order valence-corrected chi connectivity index (χ3v) is 4.46. The van der Waals surface area contributed by atoms with Crippen molar-refractivity contribution in [3.63, 3.8) is 0 Å². The first-order valence-corrected chi connectivity index (χ1v) is 9.01. The summed E-state index contributed by atoms with van der Waals surface area (Å²) in [5, 5.41) is 7.57. The molecule has 0 aliphatic heterocycles. The maximum absolute atomic E-state index is 13.0. The molecule has 0 atom stereocenters. The molecule has 140 valence electrons. The van der Waals surface area contributed by atoms with Gasteiger partial charge in [0.15, 0.2) is 5.76 Å². The van der Waals surface area contributed by atoms with E-state index in [4.69, 9.17) is 4.42 Å². The van der Waals surface area contributed by atoms with Gasteiger partial charge >= 0.3 is 0 Å². The lowest BCUT2D eigenvalue weighted by Gasteiger charge is -2.11. The van der Waals surface area contributed by atoms with Crippen LogP contribution in [0.2, 0.25) is 0 Å². The van der Waals surface area contributed by atoms with Gasteiger partial charge in [0.1, 0.15) is 11.4 Å². The molecule has 1 N–H and O–H groups in total. The van der Waals surface area contributed by atoms with Crippen LogP contribution in [0.15, 0.2) is 71.5 Å². The van der Waals surface area contributed by atoms with Gasteiger partial charge in [-0.2, -0.15) is 5.10 Å². The Hall–Kier alpha value is -3.67. The number of pyridine rings is 1. The summed E-state index contributed by atoms with van der Waals surface area (Å²) in [5.41, 5.74) is 4.82. The lowest BCUT2D eigenvalue weighted by Crippen LogP contribution is -2.26. The van der Waals surface area contributed by atoms with Gasteiger partial charge in [-0.25, -0.2) is 4.68 Å². The van der Waals surface area contributed by atoms with Crippen LogP contribution in [0.5, 0.6) is 0 Å². The fourth-order valence-corrected chi connectivity index (χ4v) is 2.98. The number of furan rings is 1. The molecule has 0 unspecified atom stereocenters. The standard InChI is InChI=1S/C22H20N4O2/c1-15-8-9-16(2)19(12-15)26-20(13-18(25-26)21-7-5-11-28-21)22(27)24-14-17-6-3-4-10-23-17/h3-13H,14H2,1-2H3,(H,24,27). The first kappa shape index (κ1) is 17.7. The maximum Gasteiger partial charge on any atom is 0.270 e. The fourth-order valence-electron chi connectivity index (χ4n) is 2.98. The van der Waals surface area contributed by atoms with Crippen molar-refractivity contribution >= 4 is 5.91 Å². The summed E-state index contributed by atoms with van der Waals surface area (Å²) in [5.74, 6) is 0.389. The third kappa shape index (κ3) is 3.57. The van der Waals surface area contributed by atoms with E-state index in [9.17, 15) is 4.79 Å². The number of nitrogens with zero attached hydrogens (tertiary/aromatic N) is 3. The Bertz CT molecular complexity index is 1100. The van der Waals surface area contributed by atoms with Gasteiger partial charge in [0.05, 0.1) is 24.2 Å². The molecule has 1 aromatic carbocycles. The molecule has 0 aliphatic rings. The molecule has 28 heavy (non-hydrogen) atoms. The van der Waals surface area contributed by atoms with Crippen LogP contribution in [-0.4, -0.2) is 20.7 Å². The molecule has 3 aromatic heterocycles. The molecule has 4 aromatic rings. The minimum absolute atomic E-state index is 0.225.